The van der Waals surface area contributed by atoms with Gasteiger partial charge in [-0.05, 0) is 51.8 Å². The fourth-order valence-corrected chi connectivity index (χ4v) is 4.18. The molecular weight excluding hydrogens is 432 g/mol. The molecule has 0 aliphatic heterocycles. The van der Waals surface area contributed by atoms with E-state index in [9.17, 15) is 9.59 Å². The van der Waals surface area contributed by atoms with Crippen molar-refractivity contribution in [2.24, 2.45) is 0 Å². The molecule has 0 N–H and O–H groups in total. The van der Waals surface area contributed by atoms with Crippen LogP contribution in [0.25, 0.3) is 22.1 Å². The van der Waals surface area contributed by atoms with Crippen LogP contribution in [0.1, 0.15) is 5.56 Å². The number of benzene rings is 2. The number of esters is 1. The monoisotopic (exact) mass is 444 g/mol. The van der Waals surface area contributed by atoms with Crippen LogP contribution < -0.4 is 14.8 Å². The number of imidazole rings is 1. The Hall–Kier alpha value is -2.71. The van der Waals surface area contributed by atoms with Gasteiger partial charge in [-0.25, -0.2) is 14.2 Å². The summed E-state index contributed by atoms with van der Waals surface area (Å²) < 4.78 is 12.9. The molecule has 8 heteroatoms. The Morgan fingerprint density at radius 2 is 2.11 bits per heavy atom. The molecule has 6 nitrogen and oxygen atoms in total. The van der Waals surface area contributed by atoms with Crippen LogP contribution >= 0.6 is 27.3 Å². The molecule has 0 saturated heterocycles. The molecule has 0 unspecified atom stereocenters. The number of fused-ring (bicyclic) bond motifs is 3. The average molecular weight is 445 g/mol. The SMILES string of the molecule is COC(=O)COc1ccc(C=c2sc3nc4ccccc4n3c2=O)cc1Br. The van der Waals surface area contributed by atoms with Crippen LogP contribution in [-0.4, -0.2) is 29.1 Å². The lowest BCUT2D eigenvalue weighted by Gasteiger charge is -2.07. The Bertz CT molecular complexity index is 1280. The van der Waals surface area contributed by atoms with Gasteiger partial charge in [-0.15, -0.1) is 0 Å². The van der Waals surface area contributed by atoms with E-state index in [0.29, 0.717) is 19.7 Å². The lowest BCUT2D eigenvalue weighted by Crippen LogP contribution is -2.22. The van der Waals surface area contributed by atoms with Gasteiger partial charge in [-0.1, -0.05) is 29.5 Å². The standard InChI is InChI=1S/C19H13BrN2O4S/c1-25-17(23)10-26-15-7-6-11(8-12(15)20)9-16-18(24)22-14-5-3-2-4-13(14)21-19(22)27-16/h2-9H,10H2,1H3. The van der Waals surface area contributed by atoms with Gasteiger partial charge in [0.05, 0.1) is 27.1 Å². The summed E-state index contributed by atoms with van der Waals surface area (Å²) >= 11 is 4.77. The van der Waals surface area contributed by atoms with Crippen LogP contribution in [0, 0.1) is 0 Å². The largest absolute Gasteiger partial charge is 0.481 e. The molecule has 2 aromatic heterocycles. The second kappa shape index (κ2) is 7.13. The zero-order valence-corrected chi connectivity index (χ0v) is 16.5. The molecule has 0 spiro atoms. The van der Waals surface area contributed by atoms with Crippen LogP contribution in [-0.2, 0) is 9.53 Å². The van der Waals surface area contributed by atoms with Crippen LogP contribution in [0.15, 0.2) is 51.7 Å². The molecule has 27 heavy (non-hydrogen) atoms. The molecular formula is C19H13BrN2O4S. The number of aromatic nitrogens is 2. The maximum absolute atomic E-state index is 12.8. The fraction of sp³-hybridized carbons (Fsp3) is 0.105. The number of thiazole rings is 1. The number of halogens is 1. The van der Waals surface area contributed by atoms with Gasteiger partial charge in [-0.3, -0.25) is 4.79 Å². The highest BCUT2D eigenvalue weighted by molar-refractivity contribution is 9.10. The van der Waals surface area contributed by atoms with Crippen LogP contribution in [0.5, 0.6) is 5.75 Å². The third-order valence-electron chi connectivity index (χ3n) is 3.97. The molecule has 136 valence electrons. The van der Waals surface area contributed by atoms with Crippen LogP contribution in [0.2, 0.25) is 0 Å². The Morgan fingerprint density at radius 1 is 1.30 bits per heavy atom. The van der Waals surface area contributed by atoms with E-state index in [1.807, 2.05) is 42.5 Å². The van der Waals surface area contributed by atoms with Gasteiger partial charge in [0.1, 0.15) is 5.75 Å². The number of ether oxygens (including phenoxy) is 2. The number of methoxy groups -OCH3 is 1. The summed E-state index contributed by atoms with van der Waals surface area (Å²) in [5, 5.41) is 0. The number of carbonyl (C=O) groups excluding carboxylic acids is 1. The number of rotatable bonds is 4. The lowest BCUT2D eigenvalue weighted by atomic mass is 10.2. The van der Waals surface area contributed by atoms with E-state index < -0.39 is 5.97 Å². The smallest absolute Gasteiger partial charge is 0.343 e. The van der Waals surface area contributed by atoms with Crippen LogP contribution in [0.4, 0.5) is 0 Å². The first-order valence-corrected chi connectivity index (χ1v) is 9.58. The van der Waals surface area contributed by atoms with Crippen molar-refractivity contribution < 1.29 is 14.3 Å². The van der Waals surface area contributed by atoms with Gasteiger partial charge in [-0.2, -0.15) is 0 Å². The molecule has 2 heterocycles. The molecule has 4 rings (SSSR count). The van der Waals surface area contributed by atoms with Crippen LogP contribution in [0.3, 0.4) is 0 Å². The number of hydrogen-bond donors (Lipinski definition) is 0. The topological polar surface area (TPSA) is 69.9 Å². The highest BCUT2D eigenvalue weighted by atomic mass is 79.9. The quantitative estimate of drug-likeness (QED) is 0.452. The van der Waals surface area contributed by atoms with Crippen molar-refractivity contribution in [3.63, 3.8) is 0 Å². The summed E-state index contributed by atoms with van der Waals surface area (Å²) in [7, 11) is 1.31. The molecule has 0 aliphatic rings. The second-order valence-electron chi connectivity index (χ2n) is 5.69. The number of hydrogen-bond acceptors (Lipinski definition) is 6. The molecule has 0 radical (unpaired) electrons. The van der Waals surface area contributed by atoms with E-state index in [1.165, 1.54) is 18.4 Å². The van der Waals surface area contributed by atoms with Crippen molar-refractivity contribution in [3.05, 3.63) is 67.4 Å². The Labute approximate surface area is 165 Å². The zero-order valence-electron chi connectivity index (χ0n) is 14.1. The third kappa shape index (κ3) is 3.33. The normalized spacial score (nSPS) is 12.0. The predicted octanol–water partition coefficient (Wildman–Crippen LogP) is 2.77. The van der Waals surface area contributed by atoms with Gasteiger partial charge in [0.25, 0.3) is 5.56 Å². The van der Waals surface area contributed by atoms with E-state index in [2.05, 4.69) is 25.7 Å². The van der Waals surface area contributed by atoms with E-state index in [1.54, 1.807) is 10.5 Å². The van der Waals surface area contributed by atoms with Gasteiger partial charge < -0.3 is 9.47 Å². The number of carbonyl (C=O) groups is 1. The minimum Gasteiger partial charge on any atom is -0.481 e. The molecule has 2 aromatic carbocycles. The highest BCUT2D eigenvalue weighted by Crippen LogP contribution is 2.26. The zero-order chi connectivity index (χ0) is 19.0. The molecule has 0 fully saturated rings. The maximum atomic E-state index is 12.8. The molecule has 0 atom stereocenters. The molecule has 0 bridgehead atoms. The molecule has 0 amide bonds. The van der Waals surface area contributed by atoms with E-state index in [4.69, 9.17) is 4.74 Å². The fourth-order valence-electron chi connectivity index (χ4n) is 2.68. The van der Waals surface area contributed by atoms with E-state index >= 15 is 0 Å². The van der Waals surface area contributed by atoms with Crippen molar-refractivity contribution in [2.75, 3.05) is 13.7 Å². The molecule has 0 saturated carbocycles. The van der Waals surface area contributed by atoms with Crippen molar-refractivity contribution in [3.8, 4) is 5.75 Å². The Kier molecular flexibility index (Phi) is 4.67. The third-order valence-corrected chi connectivity index (χ3v) is 5.56. The summed E-state index contributed by atoms with van der Waals surface area (Å²) in [5.41, 5.74) is 2.35. The van der Waals surface area contributed by atoms with Crippen molar-refractivity contribution in [1.82, 2.24) is 9.38 Å². The molecule has 0 aliphatic carbocycles. The highest BCUT2D eigenvalue weighted by Gasteiger charge is 2.11. The van der Waals surface area contributed by atoms with Gasteiger partial charge >= 0.3 is 5.97 Å². The first-order valence-electron chi connectivity index (χ1n) is 7.97. The van der Waals surface area contributed by atoms with E-state index in [0.717, 1.165) is 16.6 Å². The lowest BCUT2D eigenvalue weighted by molar-refractivity contribution is -0.142. The summed E-state index contributed by atoms with van der Waals surface area (Å²) in [4.78, 5) is 29.1. The van der Waals surface area contributed by atoms with Gasteiger partial charge in [0.2, 0.25) is 0 Å². The number of nitrogens with zero attached hydrogens (tertiary/aromatic N) is 2. The minimum atomic E-state index is -0.456. The summed E-state index contributed by atoms with van der Waals surface area (Å²) in [6.07, 6.45) is 1.81. The van der Waals surface area contributed by atoms with Crippen molar-refractivity contribution in [1.29, 1.82) is 0 Å². The second-order valence-corrected chi connectivity index (χ2v) is 7.55. The Balaban J connectivity index is 1.71. The minimum absolute atomic E-state index is 0.0918. The first-order chi connectivity index (χ1) is 13.1. The Morgan fingerprint density at radius 3 is 2.89 bits per heavy atom. The van der Waals surface area contributed by atoms with Crippen molar-refractivity contribution >= 4 is 55.3 Å². The maximum Gasteiger partial charge on any atom is 0.343 e. The van der Waals surface area contributed by atoms with E-state index in [-0.39, 0.29) is 12.2 Å². The van der Waals surface area contributed by atoms with Gasteiger partial charge in [0.15, 0.2) is 11.6 Å². The number of para-hydroxylation sites is 2. The van der Waals surface area contributed by atoms with Crippen molar-refractivity contribution in [2.45, 2.75) is 0 Å². The van der Waals surface area contributed by atoms with Gasteiger partial charge in [0, 0.05) is 0 Å². The summed E-state index contributed by atoms with van der Waals surface area (Å²) in [6, 6.07) is 12.9. The molecule has 4 aromatic rings. The summed E-state index contributed by atoms with van der Waals surface area (Å²) in [6.45, 7) is -0.169. The predicted molar refractivity (Wildman–Crippen MR) is 107 cm³/mol. The first kappa shape index (κ1) is 17.7. The summed E-state index contributed by atoms with van der Waals surface area (Å²) in [5.74, 6) is 0.0644. The average Bonchev–Trinajstić information content (AvgIpc) is 3.17.